The first-order valence-corrected chi connectivity index (χ1v) is 12.5. The van der Waals surface area contributed by atoms with E-state index in [4.69, 9.17) is 4.98 Å². The van der Waals surface area contributed by atoms with Crippen LogP contribution in [0.2, 0.25) is 0 Å². The lowest BCUT2D eigenvalue weighted by molar-refractivity contribution is 0.211. The number of H-pyrrole nitrogens is 1. The second-order valence-electron chi connectivity index (χ2n) is 9.32. The van der Waals surface area contributed by atoms with Crippen LogP contribution in [0.1, 0.15) is 18.4 Å². The Morgan fingerprint density at radius 2 is 1.60 bits per heavy atom. The molecule has 1 aromatic carbocycles. The second kappa shape index (κ2) is 9.87. The number of hydrogen-bond acceptors (Lipinski definition) is 8. The SMILES string of the molecule is c1ccc(CN2CCC(Nc3ncnc4nc(N5CCN(c6ccccn6)CC5)[nH]c34)CC2)cc1. The fraction of sp³-hybridized carbons (Fsp3) is 0.385. The number of piperazine rings is 1. The van der Waals surface area contributed by atoms with Gasteiger partial charge in [-0.15, -0.1) is 0 Å². The van der Waals surface area contributed by atoms with Crippen LogP contribution in [-0.4, -0.2) is 75.1 Å². The number of aromatic nitrogens is 5. The lowest BCUT2D eigenvalue weighted by Gasteiger charge is -2.35. The van der Waals surface area contributed by atoms with Gasteiger partial charge in [0.15, 0.2) is 11.5 Å². The summed E-state index contributed by atoms with van der Waals surface area (Å²) in [7, 11) is 0. The molecule has 2 aliphatic heterocycles. The number of fused-ring (bicyclic) bond motifs is 1. The van der Waals surface area contributed by atoms with Gasteiger partial charge in [0.1, 0.15) is 17.7 Å². The van der Waals surface area contributed by atoms with Crippen LogP contribution in [0.5, 0.6) is 0 Å². The van der Waals surface area contributed by atoms with E-state index >= 15 is 0 Å². The van der Waals surface area contributed by atoms with E-state index in [9.17, 15) is 0 Å². The van der Waals surface area contributed by atoms with Crippen molar-refractivity contribution < 1.29 is 0 Å². The maximum atomic E-state index is 4.78. The van der Waals surface area contributed by atoms with Gasteiger partial charge >= 0.3 is 0 Å². The minimum Gasteiger partial charge on any atom is -0.365 e. The van der Waals surface area contributed by atoms with E-state index in [2.05, 4.69) is 76.4 Å². The molecule has 2 fully saturated rings. The van der Waals surface area contributed by atoms with Crippen molar-refractivity contribution in [2.75, 3.05) is 54.4 Å². The van der Waals surface area contributed by atoms with Crippen LogP contribution >= 0.6 is 0 Å². The molecule has 2 aliphatic rings. The Labute approximate surface area is 205 Å². The highest BCUT2D eigenvalue weighted by atomic mass is 15.3. The van der Waals surface area contributed by atoms with E-state index in [-0.39, 0.29) is 0 Å². The van der Waals surface area contributed by atoms with Crippen molar-refractivity contribution in [3.8, 4) is 0 Å². The van der Waals surface area contributed by atoms with Gasteiger partial charge in [0.2, 0.25) is 5.95 Å². The number of pyridine rings is 1. The molecule has 0 atom stereocenters. The number of aromatic amines is 1. The molecule has 0 radical (unpaired) electrons. The number of rotatable bonds is 6. The summed E-state index contributed by atoms with van der Waals surface area (Å²) in [6.07, 6.45) is 5.64. The van der Waals surface area contributed by atoms with Crippen LogP contribution < -0.4 is 15.1 Å². The lowest BCUT2D eigenvalue weighted by atomic mass is 10.0. The number of hydrogen-bond donors (Lipinski definition) is 2. The second-order valence-corrected chi connectivity index (χ2v) is 9.32. The average molecular weight is 470 g/mol. The van der Waals surface area contributed by atoms with Crippen molar-refractivity contribution in [1.82, 2.24) is 29.8 Å². The lowest BCUT2D eigenvalue weighted by Crippen LogP contribution is -2.47. The maximum Gasteiger partial charge on any atom is 0.205 e. The molecule has 0 aliphatic carbocycles. The third-order valence-electron chi connectivity index (χ3n) is 7.01. The zero-order valence-electron chi connectivity index (χ0n) is 19.8. The van der Waals surface area contributed by atoms with E-state index in [1.165, 1.54) is 5.56 Å². The molecule has 0 spiro atoms. The van der Waals surface area contributed by atoms with Gasteiger partial charge in [-0.3, -0.25) is 4.90 Å². The van der Waals surface area contributed by atoms with Gasteiger partial charge in [-0.2, -0.15) is 4.98 Å². The van der Waals surface area contributed by atoms with Crippen molar-refractivity contribution in [3.63, 3.8) is 0 Å². The summed E-state index contributed by atoms with van der Waals surface area (Å²) < 4.78 is 0. The van der Waals surface area contributed by atoms with Gasteiger partial charge in [0.25, 0.3) is 0 Å². The number of imidazole rings is 1. The highest BCUT2D eigenvalue weighted by Crippen LogP contribution is 2.25. The van der Waals surface area contributed by atoms with E-state index in [1.54, 1.807) is 6.33 Å². The summed E-state index contributed by atoms with van der Waals surface area (Å²) in [6.45, 7) is 6.76. The fourth-order valence-electron chi connectivity index (χ4n) is 5.03. The topological polar surface area (TPSA) is 89.1 Å². The largest absolute Gasteiger partial charge is 0.365 e. The Kier molecular flexibility index (Phi) is 6.15. The molecule has 2 saturated heterocycles. The van der Waals surface area contributed by atoms with Crippen molar-refractivity contribution in [2.24, 2.45) is 0 Å². The zero-order chi connectivity index (χ0) is 23.5. The molecule has 4 aromatic rings. The van der Waals surface area contributed by atoms with Crippen LogP contribution in [0.15, 0.2) is 61.1 Å². The summed E-state index contributed by atoms with van der Waals surface area (Å²) in [5, 5.41) is 3.67. The summed E-state index contributed by atoms with van der Waals surface area (Å²) in [6, 6.07) is 17.2. The molecule has 0 unspecified atom stereocenters. The normalized spacial score (nSPS) is 17.7. The summed E-state index contributed by atoms with van der Waals surface area (Å²) in [5.74, 6) is 2.74. The van der Waals surface area contributed by atoms with Crippen molar-refractivity contribution in [2.45, 2.75) is 25.4 Å². The first-order valence-electron chi connectivity index (χ1n) is 12.5. The van der Waals surface area contributed by atoms with Crippen LogP contribution in [0.25, 0.3) is 11.2 Å². The molecule has 5 heterocycles. The molecule has 9 heteroatoms. The Morgan fingerprint density at radius 3 is 2.37 bits per heavy atom. The molecule has 0 bridgehead atoms. The standard InChI is InChI=1S/C26H31N9/c1-2-6-20(7-3-1)18-33-12-9-21(10-13-33)30-24-23-25(29-19-28-24)32-26(31-23)35-16-14-34(15-17-35)22-8-4-5-11-27-22/h1-8,11,19,21H,9-10,12-18H2,(H2,28,29,30,31,32). The molecule has 35 heavy (non-hydrogen) atoms. The van der Waals surface area contributed by atoms with E-state index < -0.39 is 0 Å². The fourth-order valence-corrected chi connectivity index (χ4v) is 5.03. The molecule has 2 N–H and O–H groups in total. The quantitative estimate of drug-likeness (QED) is 0.445. The Morgan fingerprint density at radius 1 is 0.829 bits per heavy atom. The monoisotopic (exact) mass is 469 g/mol. The van der Waals surface area contributed by atoms with Crippen molar-refractivity contribution in [1.29, 1.82) is 0 Å². The van der Waals surface area contributed by atoms with Gasteiger partial charge in [-0.25, -0.2) is 15.0 Å². The van der Waals surface area contributed by atoms with Gasteiger partial charge in [0.05, 0.1) is 0 Å². The minimum absolute atomic E-state index is 0.397. The van der Waals surface area contributed by atoms with Crippen LogP contribution in [0, 0.1) is 0 Å². The van der Waals surface area contributed by atoms with E-state index in [1.807, 2.05) is 18.3 Å². The maximum absolute atomic E-state index is 4.78. The van der Waals surface area contributed by atoms with Crippen molar-refractivity contribution >= 4 is 28.7 Å². The van der Waals surface area contributed by atoms with Crippen LogP contribution in [0.4, 0.5) is 17.6 Å². The Balaban J connectivity index is 1.08. The highest BCUT2D eigenvalue weighted by molar-refractivity contribution is 5.84. The molecule has 6 rings (SSSR count). The van der Waals surface area contributed by atoms with Crippen LogP contribution in [-0.2, 0) is 6.54 Å². The molecule has 3 aromatic heterocycles. The predicted molar refractivity (Wildman–Crippen MR) is 139 cm³/mol. The number of nitrogens with zero attached hydrogens (tertiary/aromatic N) is 7. The molecule has 180 valence electrons. The number of anilines is 3. The summed E-state index contributed by atoms with van der Waals surface area (Å²) in [4.78, 5) is 28.9. The number of nitrogens with one attached hydrogen (secondary N) is 2. The average Bonchev–Trinajstić information content (AvgIpc) is 3.37. The predicted octanol–water partition coefficient (Wildman–Crippen LogP) is 3.15. The van der Waals surface area contributed by atoms with Gasteiger partial charge in [-0.1, -0.05) is 36.4 Å². The number of benzene rings is 1. The highest BCUT2D eigenvalue weighted by Gasteiger charge is 2.23. The molecule has 0 amide bonds. The molecule has 9 nitrogen and oxygen atoms in total. The Bertz CT molecular complexity index is 1230. The van der Waals surface area contributed by atoms with Gasteiger partial charge in [-0.05, 0) is 30.5 Å². The molecular weight excluding hydrogens is 438 g/mol. The summed E-state index contributed by atoms with van der Waals surface area (Å²) >= 11 is 0. The number of likely N-dealkylation sites (tertiary alicyclic amines) is 1. The van der Waals surface area contributed by atoms with Gasteiger partial charge < -0.3 is 20.1 Å². The van der Waals surface area contributed by atoms with E-state index in [0.717, 1.165) is 81.8 Å². The molecule has 0 saturated carbocycles. The third kappa shape index (κ3) is 4.90. The number of piperidine rings is 1. The smallest absolute Gasteiger partial charge is 0.205 e. The minimum atomic E-state index is 0.397. The first-order chi connectivity index (χ1) is 17.3. The Hall–Kier alpha value is -3.72. The van der Waals surface area contributed by atoms with Crippen LogP contribution in [0.3, 0.4) is 0 Å². The van der Waals surface area contributed by atoms with Gasteiger partial charge in [0, 0.05) is 58.1 Å². The zero-order valence-corrected chi connectivity index (χ0v) is 19.8. The first kappa shape index (κ1) is 21.8. The summed E-state index contributed by atoms with van der Waals surface area (Å²) in [5.41, 5.74) is 2.98. The van der Waals surface area contributed by atoms with E-state index in [0.29, 0.717) is 11.7 Å². The third-order valence-corrected chi connectivity index (χ3v) is 7.01. The molecular formula is C26H31N9. The van der Waals surface area contributed by atoms with Crippen molar-refractivity contribution in [3.05, 3.63) is 66.6 Å².